The molecule has 6 heteroatoms. The van der Waals surface area contributed by atoms with Gasteiger partial charge in [0, 0.05) is 6.04 Å². The third kappa shape index (κ3) is 3.41. The third-order valence-corrected chi connectivity index (χ3v) is 3.90. The van der Waals surface area contributed by atoms with E-state index in [0.29, 0.717) is 12.7 Å². The van der Waals surface area contributed by atoms with Crippen LogP contribution in [0.15, 0.2) is 21.6 Å². The van der Waals surface area contributed by atoms with Crippen molar-refractivity contribution in [3.05, 3.63) is 17.9 Å². The first-order chi connectivity index (χ1) is 7.90. The van der Waals surface area contributed by atoms with Crippen molar-refractivity contribution in [3.63, 3.8) is 0 Å². The van der Waals surface area contributed by atoms with E-state index in [1.165, 1.54) is 12.1 Å². The van der Waals surface area contributed by atoms with E-state index in [1.54, 1.807) is 0 Å². The first-order valence-corrected chi connectivity index (χ1v) is 6.96. The van der Waals surface area contributed by atoms with Crippen LogP contribution in [0.3, 0.4) is 0 Å². The highest BCUT2D eigenvalue weighted by Crippen LogP contribution is 2.15. The van der Waals surface area contributed by atoms with Crippen LogP contribution in [-0.2, 0) is 10.0 Å². The Morgan fingerprint density at radius 1 is 1.41 bits per heavy atom. The average Bonchev–Trinajstić information content (AvgIpc) is 2.74. The van der Waals surface area contributed by atoms with E-state index in [0.717, 1.165) is 0 Å². The van der Waals surface area contributed by atoms with Gasteiger partial charge >= 0.3 is 0 Å². The predicted octanol–water partition coefficient (Wildman–Crippen LogP) is 1.81. The lowest BCUT2D eigenvalue weighted by Gasteiger charge is -2.19. The second kappa shape index (κ2) is 5.46. The molecule has 0 saturated carbocycles. The van der Waals surface area contributed by atoms with Crippen LogP contribution < -0.4 is 4.72 Å². The van der Waals surface area contributed by atoms with Gasteiger partial charge < -0.3 is 4.42 Å². The minimum atomic E-state index is -3.68. The van der Waals surface area contributed by atoms with Crippen molar-refractivity contribution >= 4 is 16.3 Å². The third-order valence-electron chi connectivity index (χ3n) is 2.53. The summed E-state index contributed by atoms with van der Waals surface area (Å²) in [6.45, 7) is 5.79. The number of rotatable bonds is 6. The van der Waals surface area contributed by atoms with E-state index in [1.807, 2.05) is 20.8 Å². The fourth-order valence-electron chi connectivity index (χ4n) is 1.49. The lowest BCUT2D eigenvalue weighted by atomic mass is 10.0. The molecule has 0 aromatic carbocycles. The Kier molecular flexibility index (Phi) is 4.47. The zero-order valence-electron chi connectivity index (χ0n) is 10.1. The molecule has 96 valence electrons. The predicted molar refractivity (Wildman–Crippen MR) is 63.3 cm³/mol. The van der Waals surface area contributed by atoms with Crippen LogP contribution in [0.2, 0.25) is 0 Å². The van der Waals surface area contributed by atoms with Crippen molar-refractivity contribution in [2.45, 2.75) is 38.3 Å². The molecule has 1 atom stereocenters. The lowest BCUT2D eigenvalue weighted by molar-refractivity contribution is 0.109. The van der Waals surface area contributed by atoms with Crippen molar-refractivity contribution in [3.8, 4) is 0 Å². The number of hydrogen-bond acceptors (Lipinski definition) is 4. The lowest BCUT2D eigenvalue weighted by Crippen LogP contribution is -2.37. The van der Waals surface area contributed by atoms with Crippen molar-refractivity contribution in [1.82, 2.24) is 4.72 Å². The normalized spacial score (nSPS) is 13.9. The smallest absolute Gasteiger partial charge is 0.274 e. The molecule has 0 amide bonds. The second-order valence-corrected chi connectivity index (χ2v) is 5.80. The average molecular weight is 259 g/mol. The van der Waals surface area contributed by atoms with Gasteiger partial charge in [-0.1, -0.05) is 20.8 Å². The second-order valence-electron chi connectivity index (χ2n) is 4.15. The number of furan rings is 1. The van der Waals surface area contributed by atoms with Crippen LogP contribution in [-0.4, -0.2) is 20.7 Å². The number of aldehydes is 1. The summed E-state index contributed by atoms with van der Waals surface area (Å²) in [6, 6.07) is 2.46. The van der Waals surface area contributed by atoms with Gasteiger partial charge in [0.15, 0.2) is 12.0 Å². The molecule has 1 N–H and O–H groups in total. The number of sulfonamides is 1. The summed E-state index contributed by atoms with van der Waals surface area (Å²) < 4.78 is 31.3. The zero-order chi connectivity index (χ0) is 13.1. The summed E-state index contributed by atoms with van der Waals surface area (Å²) in [4.78, 5) is 10.4. The Morgan fingerprint density at radius 3 is 2.47 bits per heavy atom. The van der Waals surface area contributed by atoms with E-state index >= 15 is 0 Å². The molecule has 17 heavy (non-hydrogen) atoms. The first-order valence-electron chi connectivity index (χ1n) is 5.48. The molecule has 1 aromatic rings. The molecule has 0 bridgehead atoms. The van der Waals surface area contributed by atoms with Crippen LogP contribution in [0.4, 0.5) is 0 Å². The highest BCUT2D eigenvalue weighted by Gasteiger charge is 2.24. The number of hydrogen-bond donors (Lipinski definition) is 1. The molecule has 1 aromatic heterocycles. The standard InChI is InChI=1S/C11H17NO4S/c1-4-10(8(2)3)12-17(14,15)11-6-5-9(7-13)16-11/h5-8,10,12H,4H2,1-3H3. The molecule has 0 aliphatic heterocycles. The molecular weight excluding hydrogens is 242 g/mol. The molecule has 5 nitrogen and oxygen atoms in total. The first kappa shape index (κ1) is 13.9. The largest absolute Gasteiger partial charge is 0.440 e. The fraction of sp³-hybridized carbons (Fsp3) is 0.545. The minimum absolute atomic E-state index is 0.00275. The van der Waals surface area contributed by atoms with Crippen molar-refractivity contribution < 1.29 is 17.6 Å². The van der Waals surface area contributed by atoms with Crippen LogP contribution in [0.5, 0.6) is 0 Å². The molecule has 1 rings (SSSR count). The van der Waals surface area contributed by atoms with Crippen LogP contribution >= 0.6 is 0 Å². The SMILES string of the molecule is CCC(NS(=O)(=O)c1ccc(C=O)o1)C(C)C. The molecule has 0 spiro atoms. The molecular formula is C11H17NO4S. The van der Waals surface area contributed by atoms with Crippen LogP contribution in [0, 0.1) is 5.92 Å². The summed E-state index contributed by atoms with van der Waals surface area (Å²) in [7, 11) is -3.68. The van der Waals surface area contributed by atoms with Gasteiger partial charge in [-0.05, 0) is 24.5 Å². The number of carbonyl (C=O) groups excluding carboxylic acids is 1. The van der Waals surface area contributed by atoms with Gasteiger partial charge in [0.2, 0.25) is 5.09 Å². The zero-order valence-corrected chi connectivity index (χ0v) is 11.0. The van der Waals surface area contributed by atoms with Gasteiger partial charge in [-0.15, -0.1) is 0 Å². The van der Waals surface area contributed by atoms with Gasteiger partial charge in [-0.3, -0.25) is 4.79 Å². The van der Waals surface area contributed by atoms with Gasteiger partial charge in [0.1, 0.15) is 0 Å². The Bertz CT molecular complexity index is 475. The van der Waals surface area contributed by atoms with Gasteiger partial charge in [-0.2, -0.15) is 0 Å². The Labute approximate surface area is 101 Å². The summed E-state index contributed by atoms with van der Waals surface area (Å²) >= 11 is 0. The quantitative estimate of drug-likeness (QED) is 0.790. The maximum Gasteiger partial charge on any atom is 0.274 e. The summed E-state index contributed by atoms with van der Waals surface area (Å²) in [5.41, 5.74) is 0. The summed E-state index contributed by atoms with van der Waals surface area (Å²) in [6.07, 6.45) is 1.16. The summed E-state index contributed by atoms with van der Waals surface area (Å²) in [5.74, 6) is 0.193. The molecule has 0 aliphatic rings. The molecule has 0 radical (unpaired) electrons. The van der Waals surface area contributed by atoms with E-state index in [-0.39, 0.29) is 22.8 Å². The van der Waals surface area contributed by atoms with Gasteiger partial charge in [0.25, 0.3) is 10.0 Å². The molecule has 0 fully saturated rings. The van der Waals surface area contributed by atoms with Crippen molar-refractivity contribution in [1.29, 1.82) is 0 Å². The van der Waals surface area contributed by atoms with Crippen LogP contribution in [0.25, 0.3) is 0 Å². The molecule has 0 aliphatic carbocycles. The molecule has 1 unspecified atom stereocenters. The van der Waals surface area contributed by atoms with Gasteiger partial charge in [0.05, 0.1) is 0 Å². The van der Waals surface area contributed by atoms with E-state index in [9.17, 15) is 13.2 Å². The van der Waals surface area contributed by atoms with Gasteiger partial charge in [-0.25, -0.2) is 13.1 Å². The van der Waals surface area contributed by atoms with E-state index < -0.39 is 10.0 Å². The van der Waals surface area contributed by atoms with Crippen LogP contribution in [0.1, 0.15) is 37.7 Å². The van der Waals surface area contributed by atoms with Crippen molar-refractivity contribution in [2.24, 2.45) is 5.92 Å². The Hall–Kier alpha value is -1.14. The number of carbonyl (C=O) groups is 1. The number of nitrogens with one attached hydrogen (secondary N) is 1. The minimum Gasteiger partial charge on any atom is -0.440 e. The monoisotopic (exact) mass is 259 g/mol. The maximum absolute atomic E-state index is 11.9. The summed E-state index contributed by atoms with van der Waals surface area (Å²) in [5, 5.41) is -0.223. The van der Waals surface area contributed by atoms with Crippen molar-refractivity contribution in [2.75, 3.05) is 0 Å². The topological polar surface area (TPSA) is 76.4 Å². The maximum atomic E-state index is 11.9. The Morgan fingerprint density at radius 2 is 2.06 bits per heavy atom. The molecule has 1 heterocycles. The van der Waals surface area contributed by atoms with E-state index in [4.69, 9.17) is 4.42 Å². The fourth-order valence-corrected chi connectivity index (χ4v) is 2.90. The highest BCUT2D eigenvalue weighted by molar-refractivity contribution is 7.89. The highest BCUT2D eigenvalue weighted by atomic mass is 32.2. The van der Waals surface area contributed by atoms with E-state index in [2.05, 4.69) is 4.72 Å². The molecule has 0 saturated heterocycles. The Balaban J connectivity index is 2.91.